The van der Waals surface area contributed by atoms with Gasteiger partial charge in [-0.3, -0.25) is 15.0 Å². The van der Waals surface area contributed by atoms with Crippen LogP contribution < -0.4 is 21.7 Å². The van der Waals surface area contributed by atoms with Crippen LogP contribution in [-0.2, 0) is 26.3 Å². The highest BCUT2D eigenvalue weighted by Gasteiger charge is 2.50. The van der Waals surface area contributed by atoms with E-state index >= 15 is 0 Å². The van der Waals surface area contributed by atoms with Crippen molar-refractivity contribution in [3.05, 3.63) is 41.9 Å². The Morgan fingerprint density at radius 3 is 2.19 bits per heavy atom. The molecule has 0 aliphatic heterocycles. The highest BCUT2D eigenvalue weighted by atomic mass is 16.5. The summed E-state index contributed by atoms with van der Waals surface area (Å²) in [5.74, 6) is -0.452. The average molecular weight is 497 g/mol. The summed E-state index contributed by atoms with van der Waals surface area (Å²) in [4.78, 5) is 26.2. The van der Waals surface area contributed by atoms with Crippen LogP contribution >= 0.6 is 0 Å². The first kappa shape index (κ1) is 26.5. The Balaban J connectivity index is 1.28. The number of guanidine groups is 1. The highest BCUT2D eigenvalue weighted by Crippen LogP contribution is 2.54. The maximum atomic E-state index is 13.2. The molecule has 0 spiro atoms. The second-order valence-corrected chi connectivity index (χ2v) is 11.0. The Kier molecular flexibility index (Phi) is 8.23. The van der Waals surface area contributed by atoms with E-state index in [1.54, 1.807) is 6.54 Å². The van der Waals surface area contributed by atoms with Gasteiger partial charge in [-0.2, -0.15) is 0 Å². The molecule has 0 aromatic heterocycles. The van der Waals surface area contributed by atoms with Crippen LogP contribution in [0.25, 0.3) is 0 Å². The van der Waals surface area contributed by atoms with E-state index in [9.17, 15) is 9.59 Å². The van der Waals surface area contributed by atoms with E-state index in [4.69, 9.17) is 15.9 Å². The molecule has 0 atom stereocenters. The molecular formula is C28H42N5O3. The lowest BCUT2D eigenvalue weighted by molar-refractivity contribution is -0.143. The maximum Gasteiger partial charge on any atom is 0.235 e. The van der Waals surface area contributed by atoms with Crippen LogP contribution in [0.15, 0.2) is 24.3 Å². The van der Waals surface area contributed by atoms with Crippen LogP contribution in [0.3, 0.4) is 0 Å². The number of rotatable bonds is 11. The van der Waals surface area contributed by atoms with E-state index in [0.29, 0.717) is 32.4 Å². The first-order valence-electron chi connectivity index (χ1n) is 13.5. The number of amides is 2. The molecule has 1 radical (unpaired) electrons. The van der Waals surface area contributed by atoms with E-state index in [2.05, 4.69) is 40.2 Å². The van der Waals surface area contributed by atoms with Gasteiger partial charge in [0, 0.05) is 26.7 Å². The molecule has 4 fully saturated rings. The summed E-state index contributed by atoms with van der Waals surface area (Å²) in [6.45, 7) is 2.71. The van der Waals surface area contributed by atoms with Crippen LogP contribution in [0.4, 0.5) is 0 Å². The Hall–Kier alpha value is -2.61. The molecule has 197 valence electrons. The van der Waals surface area contributed by atoms with Gasteiger partial charge in [-0.1, -0.05) is 37.1 Å². The number of fused-ring (bicyclic) bond motifs is 3. The van der Waals surface area contributed by atoms with Crippen LogP contribution in [0, 0.1) is 17.4 Å². The summed E-state index contributed by atoms with van der Waals surface area (Å²) >= 11 is 0. The molecule has 8 heteroatoms. The van der Waals surface area contributed by atoms with Crippen molar-refractivity contribution in [3.8, 4) is 0 Å². The monoisotopic (exact) mass is 496 g/mol. The summed E-state index contributed by atoms with van der Waals surface area (Å²) in [6, 6.07) is 8.73. The summed E-state index contributed by atoms with van der Waals surface area (Å²) in [6.07, 6.45) is 11.2. The molecule has 0 heterocycles. The number of hydrogen-bond donors (Lipinski definition) is 5. The molecule has 1 aromatic rings. The van der Waals surface area contributed by atoms with Gasteiger partial charge in [-0.05, 0) is 80.8 Å². The van der Waals surface area contributed by atoms with E-state index < -0.39 is 5.41 Å². The zero-order valence-electron chi connectivity index (χ0n) is 21.6. The Morgan fingerprint density at radius 1 is 0.972 bits per heavy atom. The fourth-order valence-corrected chi connectivity index (χ4v) is 6.48. The lowest BCUT2D eigenvalue weighted by Crippen LogP contribution is -2.49. The number of nitrogens with two attached hydrogens (primary N) is 1. The van der Waals surface area contributed by atoms with E-state index in [1.165, 1.54) is 24.8 Å². The second-order valence-electron chi connectivity index (χ2n) is 11.0. The van der Waals surface area contributed by atoms with Gasteiger partial charge in [0.05, 0.1) is 5.60 Å². The molecular weight excluding hydrogens is 454 g/mol. The third-order valence-electron chi connectivity index (χ3n) is 9.03. The number of unbranched alkanes of at least 4 members (excludes halogenated alkanes) is 1. The van der Waals surface area contributed by atoms with Gasteiger partial charge in [0.25, 0.3) is 0 Å². The number of benzene rings is 1. The molecule has 4 aliphatic carbocycles. The lowest BCUT2D eigenvalue weighted by atomic mass is 9.56. The zero-order chi connectivity index (χ0) is 25.7. The number of nitrogens with one attached hydrogen (secondary N) is 4. The van der Waals surface area contributed by atoms with Gasteiger partial charge < -0.3 is 26.4 Å². The molecule has 2 bridgehead atoms. The van der Waals surface area contributed by atoms with Gasteiger partial charge in [0.2, 0.25) is 11.8 Å². The number of carbonyl (C=O) groups is 2. The van der Waals surface area contributed by atoms with E-state index in [1.807, 2.05) is 7.11 Å². The standard InChI is InChI=1S/C28H42N5O3/c1-36-27-15-12-26(13-16-27,14-17-27)22-8-6-21(7-9-22)20-33-24(35)28(10-2-3-11-28)23(34)31-18-4-5-19-32-25(29)30/h6-9,18H,2-5,10-17,19-20H2,1H3,(H,31,34)(H,33,35)(H4,29,30,32). The van der Waals surface area contributed by atoms with E-state index in [-0.39, 0.29) is 28.8 Å². The van der Waals surface area contributed by atoms with Crippen molar-refractivity contribution in [2.24, 2.45) is 11.1 Å². The summed E-state index contributed by atoms with van der Waals surface area (Å²) < 4.78 is 5.85. The lowest BCUT2D eigenvalue weighted by Gasteiger charge is -2.53. The highest BCUT2D eigenvalue weighted by molar-refractivity contribution is 6.05. The maximum absolute atomic E-state index is 13.2. The molecule has 4 saturated carbocycles. The number of hydrogen-bond acceptors (Lipinski definition) is 4. The third kappa shape index (κ3) is 5.53. The smallest absolute Gasteiger partial charge is 0.235 e. The number of carbonyl (C=O) groups excluding carboxylic acids is 2. The first-order valence-corrected chi connectivity index (χ1v) is 13.5. The summed E-state index contributed by atoms with van der Waals surface area (Å²) in [7, 11) is 1.86. The molecule has 8 nitrogen and oxygen atoms in total. The van der Waals surface area contributed by atoms with Gasteiger partial charge in [-0.15, -0.1) is 0 Å². The topological polar surface area (TPSA) is 129 Å². The summed E-state index contributed by atoms with van der Waals surface area (Å²) in [5, 5.41) is 15.8. The van der Waals surface area contributed by atoms with Gasteiger partial charge in [-0.25, -0.2) is 0 Å². The average Bonchev–Trinajstić information content (AvgIpc) is 3.42. The SMILES string of the molecule is COC12CCC(c3ccc(CNC(=O)C4(C(=O)N[CH]CCCNC(=N)N)CCCC4)cc3)(CC1)CC2. The second kappa shape index (κ2) is 11.2. The van der Waals surface area contributed by atoms with Crippen molar-refractivity contribution >= 4 is 17.8 Å². The third-order valence-corrected chi connectivity index (χ3v) is 9.03. The van der Waals surface area contributed by atoms with Crippen molar-refractivity contribution in [1.29, 1.82) is 5.41 Å². The van der Waals surface area contributed by atoms with Gasteiger partial charge >= 0.3 is 0 Å². The zero-order valence-corrected chi connectivity index (χ0v) is 21.6. The normalized spacial score (nSPS) is 26.4. The molecule has 0 saturated heterocycles. The van der Waals surface area contributed by atoms with Crippen LogP contribution in [0.5, 0.6) is 0 Å². The van der Waals surface area contributed by atoms with Crippen molar-refractivity contribution in [2.45, 2.75) is 94.6 Å². The molecule has 0 unspecified atom stereocenters. The van der Waals surface area contributed by atoms with Crippen LogP contribution in [0.2, 0.25) is 0 Å². The molecule has 4 aliphatic rings. The molecule has 5 rings (SSSR count). The molecule has 1 aromatic carbocycles. The minimum atomic E-state index is -0.995. The van der Waals surface area contributed by atoms with Gasteiger partial charge in [0.15, 0.2) is 5.96 Å². The number of ether oxygens (including phenoxy) is 1. The number of methoxy groups -OCH3 is 1. The van der Waals surface area contributed by atoms with E-state index in [0.717, 1.165) is 44.1 Å². The molecule has 36 heavy (non-hydrogen) atoms. The minimum Gasteiger partial charge on any atom is -0.378 e. The van der Waals surface area contributed by atoms with Crippen molar-refractivity contribution in [3.63, 3.8) is 0 Å². The Bertz CT molecular complexity index is 914. The Labute approximate surface area is 215 Å². The quantitative estimate of drug-likeness (QED) is 0.139. The molecule has 6 N–H and O–H groups in total. The van der Waals surface area contributed by atoms with Crippen LogP contribution in [-0.4, -0.2) is 37.0 Å². The largest absolute Gasteiger partial charge is 0.378 e. The van der Waals surface area contributed by atoms with Crippen molar-refractivity contribution in [1.82, 2.24) is 16.0 Å². The fourth-order valence-electron chi connectivity index (χ4n) is 6.48. The summed E-state index contributed by atoms with van der Waals surface area (Å²) in [5.41, 5.74) is 7.11. The van der Waals surface area contributed by atoms with Crippen molar-refractivity contribution < 1.29 is 14.3 Å². The molecule has 2 amide bonds. The van der Waals surface area contributed by atoms with Gasteiger partial charge in [0.1, 0.15) is 5.41 Å². The predicted octanol–water partition coefficient (Wildman–Crippen LogP) is 3.40. The predicted molar refractivity (Wildman–Crippen MR) is 140 cm³/mol. The first-order chi connectivity index (χ1) is 17.3. The minimum absolute atomic E-state index is 0.0592. The Morgan fingerprint density at radius 2 is 1.61 bits per heavy atom. The van der Waals surface area contributed by atoms with Crippen LogP contribution in [0.1, 0.15) is 88.2 Å². The fraction of sp³-hybridized carbons (Fsp3) is 0.643. The van der Waals surface area contributed by atoms with Crippen molar-refractivity contribution in [2.75, 3.05) is 13.7 Å².